The number of benzene rings is 8. The van der Waals surface area contributed by atoms with Crippen molar-refractivity contribution in [3.63, 3.8) is 0 Å². The van der Waals surface area contributed by atoms with Crippen molar-refractivity contribution < 1.29 is 0 Å². The Labute approximate surface area is 365 Å². The second-order valence-corrected chi connectivity index (χ2v) is 14.6. The van der Waals surface area contributed by atoms with Crippen molar-refractivity contribution >= 4 is 28.0 Å². The first-order valence-corrected chi connectivity index (χ1v) is 21.7. The molecule has 0 saturated heterocycles. The maximum absolute atomic E-state index is 5.09. The average molecular weight is 801 g/mol. The van der Waals surface area contributed by atoms with Crippen LogP contribution in [0.5, 0.6) is 0 Å². The van der Waals surface area contributed by atoms with Crippen molar-refractivity contribution in [3.05, 3.63) is 218 Å². The lowest BCUT2D eigenvalue weighted by molar-refractivity contribution is 1.13. The van der Waals surface area contributed by atoms with Crippen LogP contribution in [0, 0.1) is 0 Å². The minimum absolute atomic E-state index is 0.709. The lowest BCUT2D eigenvalue weighted by Crippen LogP contribution is -2.11. The zero-order chi connectivity index (χ0) is 42.4. The van der Waals surface area contributed by atoms with Crippen LogP contribution in [0.3, 0.4) is 0 Å². The molecule has 1 aliphatic rings. The number of aromatic nitrogens is 3. The Morgan fingerprint density at radius 3 is 1.50 bits per heavy atom. The highest BCUT2D eigenvalue weighted by Gasteiger charge is 2.31. The van der Waals surface area contributed by atoms with Crippen molar-refractivity contribution in [1.82, 2.24) is 14.5 Å². The molecule has 62 heavy (non-hydrogen) atoms. The molecule has 0 amide bonds. The van der Waals surface area contributed by atoms with Gasteiger partial charge in [-0.3, -0.25) is 0 Å². The minimum atomic E-state index is 0.709. The fourth-order valence-corrected chi connectivity index (χ4v) is 8.48. The molecule has 300 valence electrons. The van der Waals surface area contributed by atoms with Crippen LogP contribution >= 0.6 is 0 Å². The molecule has 4 heteroatoms. The summed E-state index contributed by atoms with van der Waals surface area (Å²) in [5.74, 6) is 0.709. The summed E-state index contributed by atoms with van der Waals surface area (Å²) in [6.45, 7) is 8.00. The third-order valence-corrected chi connectivity index (χ3v) is 11.2. The molecular formula is C58H48N4. The van der Waals surface area contributed by atoms with E-state index in [9.17, 15) is 0 Å². The Kier molecular flexibility index (Phi) is 11.4. The molecule has 1 aliphatic heterocycles. The molecular weight excluding hydrogens is 753 g/mol. The molecule has 0 atom stereocenters. The number of para-hydroxylation sites is 4. The van der Waals surface area contributed by atoms with E-state index in [0.717, 1.165) is 62.0 Å². The van der Waals surface area contributed by atoms with Crippen molar-refractivity contribution in [2.24, 2.45) is 0 Å². The molecule has 0 fully saturated rings. The molecule has 8 aromatic carbocycles. The van der Waals surface area contributed by atoms with Crippen molar-refractivity contribution in [1.29, 1.82) is 0 Å². The summed E-state index contributed by atoms with van der Waals surface area (Å²) in [5.41, 5.74) is 17.6. The Morgan fingerprint density at radius 2 is 0.839 bits per heavy atom. The molecule has 3 heterocycles. The number of fused-ring (bicyclic) bond motifs is 7. The quantitative estimate of drug-likeness (QED) is 0.168. The van der Waals surface area contributed by atoms with Crippen molar-refractivity contribution in [2.75, 3.05) is 4.90 Å². The van der Waals surface area contributed by atoms with Crippen LogP contribution in [-0.4, -0.2) is 14.5 Å². The monoisotopic (exact) mass is 800 g/mol. The van der Waals surface area contributed by atoms with Gasteiger partial charge in [-0.05, 0) is 65.7 Å². The van der Waals surface area contributed by atoms with Gasteiger partial charge < -0.3 is 9.47 Å². The largest absolute Gasteiger partial charge is 0.309 e. The molecule has 0 aliphatic carbocycles. The summed E-state index contributed by atoms with van der Waals surface area (Å²) < 4.78 is 2.44. The van der Waals surface area contributed by atoms with E-state index in [0.29, 0.717) is 5.82 Å². The summed E-state index contributed by atoms with van der Waals surface area (Å²) in [4.78, 5) is 12.5. The van der Waals surface area contributed by atoms with E-state index in [2.05, 4.69) is 204 Å². The molecule has 0 radical (unpaired) electrons. The highest BCUT2D eigenvalue weighted by Crippen LogP contribution is 2.55. The zero-order valence-corrected chi connectivity index (χ0v) is 35.6. The van der Waals surface area contributed by atoms with Crippen LogP contribution in [0.4, 0.5) is 17.1 Å². The molecule has 0 unspecified atom stereocenters. The second-order valence-electron chi connectivity index (χ2n) is 14.6. The predicted molar refractivity (Wildman–Crippen MR) is 262 cm³/mol. The first kappa shape index (κ1) is 39.6. The molecule has 0 saturated carbocycles. The molecule has 10 aromatic rings. The zero-order valence-electron chi connectivity index (χ0n) is 35.6. The van der Waals surface area contributed by atoms with Gasteiger partial charge in [-0.1, -0.05) is 191 Å². The predicted octanol–water partition coefficient (Wildman–Crippen LogP) is 16.3. The third-order valence-electron chi connectivity index (χ3n) is 11.2. The van der Waals surface area contributed by atoms with Gasteiger partial charge in [0.05, 0.1) is 34.0 Å². The van der Waals surface area contributed by atoms with E-state index < -0.39 is 0 Å². The van der Waals surface area contributed by atoms with E-state index in [1.54, 1.807) is 0 Å². The van der Waals surface area contributed by atoms with Crippen LogP contribution in [-0.2, 0) is 0 Å². The van der Waals surface area contributed by atoms with Crippen LogP contribution < -0.4 is 4.90 Å². The standard InChI is InChI=1S/C54H36N4.2C2H6/c1-5-17-38(18-6-1)47-36-48(56-54(55-47)40-19-7-2-8-20-40)39-31-29-37(30-32-39)41-33-34-51-46(35-41)52-44-25-13-15-27-49(44)58(43-23-11-4-12-24-43)53(52)45-26-14-16-28-50(45)57(51)42-21-9-3-10-22-42;2*1-2/h1-36H;2*1-2H3. The van der Waals surface area contributed by atoms with Crippen LogP contribution in [0.1, 0.15) is 27.7 Å². The Morgan fingerprint density at radius 1 is 0.355 bits per heavy atom. The maximum Gasteiger partial charge on any atom is 0.160 e. The summed E-state index contributed by atoms with van der Waals surface area (Å²) >= 11 is 0. The Bertz CT molecular complexity index is 3020. The van der Waals surface area contributed by atoms with E-state index in [1.165, 1.54) is 33.3 Å². The van der Waals surface area contributed by atoms with Crippen molar-refractivity contribution in [3.8, 4) is 73.1 Å². The maximum atomic E-state index is 5.09. The fourth-order valence-electron chi connectivity index (χ4n) is 8.48. The normalized spacial score (nSPS) is 11.2. The number of nitrogens with zero attached hydrogens (tertiary/aromatic N) is 4. The van der Waals surface area contributed by atoms with Gasteiger partial charge in [-0.25, -0.2) is 9.97 Å². The van der Waals surface area contributed by atoms with Gasteiger partial charge in [0.15, 0.2) is 5.82 Å². The van der Waals surface area contributed by atoms with Gasteiger partial charge >= 0.3 is 0 Å². The van der Waals surface area contributed by atoms with E-state index in [-0.39, 0.29) is 0 Å². The highest BCUT2D eigenvalue weighted by molar-refractivity contribution is 6.13. The summed E-state index contributed by atoms with van der Waals surface area (Å²) in [7, 11) is 0. The van der Waals surface area contributed by atoms with Crippen LogP contribution in [0.25, 0.3) is 84.0 Å². The van der Waals surface area contributed by atoms with Gasteiger partial charge in [0.2, 0.25) is 0 Å². The second kappa shape index (κ2) is 17.8. The molecule has 2 aromatic heterocycles. The van der Waals surface area contributed by atoms with Gasteiger partial charge in [-0.2, -0.15) is 0 Å². The first-order chi connectivity index (χ1) is 30.8. The Balaban J connectivity index is 0.00000119. The highest BCUT2D eigenvalue weighted by atomic mass is 15.2. The lowest BCUT2D eigenvalue weighted by Gasteiger charge is -2.28. The van der Waals surface area contributed by atoms with Gasteiger partial charge in [-0.15, -0.1) is 0 Å². The first-order valence-electron chi connectivity index (χ1n) is 21.7. The number of anilines is 3. The third kappa shape index (κ3) is 7.26. The Hall–Kier alpha value is -7.82. The van der Waals surface area contributed by atoms with Gasteiger partial charge in [0, 0.05) is 50.1 Å². The molecule has 11 rings (SSSR count). The lowest BCUT2D eigenvalue weighted by atomic mass is 9.94. The van der Waals surface area contributed by atoms with E-state index in [4.69, 9.17) is 9.97 Å². The topological polar surface area (TPSA) is 34.0 Å². The van der Waals surface area contributed by atoms with Crippen LogP contribution in [0.2, 0.25) is 0 Å². The summed E-state index contributed by atoms with van der Waals surface area (Å²) in [5, 5.41) is 1.21. The smallest absolute Gasteiger partial charge is 0.160 e. The number of hydrogen-bond donors (Lipinski definition) is 0. The summed E-state index contributed by atoms with van der Waals surface area (Å²) in [6, 6.07) is 77.5. The fraction of sp³-hybridized carbons (Fsp3) is 0.0690. The molecule has 0 spiro atoms. The summed E-state index contributed by atoms with van der Waals surface area (Å²) in [6.07, 6.45) is 0. The molecule has 4 nitrogen and oxygen atoms in total. The van der Waals surface area contributed by atoms with Gasteiger partial charge in [0.1, 0.15) is 0 Å². The van der Waals surface area contributed by atoms with E-state index in [1.807, 2.05) is 52.0 Å². The SMILES string of the molecule is CC.CC.c1ccc(-c2cc(-c3ccc(-c4ccc5c(c4)-c4c(n(-c6ccccc6)c6ccccc46)-c4ccccc4N5c4ccccc4)cc3)nc(-c3ccccc3)n2)cc1. The van der Waals surface area contributed by atoms with Crippen LogP contribution in [0.15, 0.2) is 218 Å². The number of rotatable bonds is 6. The average Bonchev–Trinajstić information content (AvgIpc) is 3.65. The van der Waals surface area contributed by atoms with E-state index >= 15 is 0 Å². The minimum Gasteiger partial charge on any atom is -0.309 e. The van der Waals surface area contributed by atoms with Gasteiger partial charge in [0.25, 0.3) is 0 Å². The molecule has 0 N–H and O–H groups in total. The number of hydrogen-bond acceptors (Lipinski definition) is 3. The van der Waals surface area contributed by atoms with Crippen molar-refractivity contribution in [2.45, 2.75) is 27.7 Å². The molecule has 0 bridgehead atoms.